The summed E-state index contributed by atoms with van der Waals surface area (Å²) in [5.41, 5.74) is 7.16. The van der Waals surface area contributed by atoms with Gasteiger partial charge < -0.3 is 5.73 Å². The van der Waals surface area contributed by atoms with Crippen molar-refractivity contribution in [2.45, 2.75) is 13.0 Å². The fraction of sp³-hybridized carbons (Fsp3) is 0.143. The number of nitrogens with two attached hydrogens (primary N) is 1. The van der Waals surface area contributed by atoms with E-state index >= 15 is 0 Å². The van der Waals surface area contributed by atoms with Gasteiger partial charge in [-0.25, -0.2) is 13.2 Å². The molecule has 0 aliphatic rings. The van der Waals surface area contributed by atoms with Gasteiger partial charge in [0.25, 0.3) is 0 Å². The van der Waals surface area contributed by atoms with E-state index in [4.69, 9.17) is 17.3 Å². The van der Waals surface area contributed by atoms with Crippen LogP contribution in [0.4, 0.5) is 13.2 Å². The second kappa shape index (κ2) is 5.23. The van der Waals surface area contributed by atoms with Gasteiger partial charge in [-0.1, -0.05) is 23.7 Å². The molecule has 19 heavy (non-hydrogen) atoms. The Kier molecular flexibility index (Phi) is 3.83. The van der Waals surface area contributed by atoms with E-state index in [1.807, 2.05) is 0 Å². The van der Waals surface area contributed by atoms with Crippen molar-refractivity contribution in [3.8, 4) is 11.1 Å². The molecule has 100 valence electrons. The number of hydrogen-bond acceptors (Lipinski definition) is 1. The monoisotopic (exact) mass is 285 g/mol. The van der Waals surface area contributed by atoms with Gasteiger partial charge in [0.05, 0.1) is 0 Å². The van der Waals surface area contributed by atoms with Crippen molar-refractivity contribution in [1.82, 2.24) is 0 Å². The maximum atomic E-state index is 13.2. The summed E-state index contributed by atoms with van der Waals surface area (Å²) in [4.78, 5) is 0. The minimum absolute atomic E-state index is 0.217. The first-order valence-corrected chi connectivity index (χ1v) is 5.98. The summed E-state index contributed by atoms with van der Waals surface area (Å²) in [5, 5.41) is 0.401. The Morgan fingerprint density at radius 3 is 2.05 bits per heavy atom. The highest BCUT2D eigenvalue weighted by molar-refractivity contribution is 6.31. The van der Waals surface area contributed by atoms with Crippen LogP contribution in [-0.4, -0.2) is 0 Å². The molecule has 2 rings (SSSR count). The van der Waals surface area contributed by atoms with Crippen molar-refractivity contribution in [3.63, 3.8) is 0 Å². The summed E-state index contributed by atoms with van der Waals surface area (Å²) >= 11 is 6.04. The van der Waals surface area contributed by atoms with Gasteiger partial charge in [0, 0.05) is 11.1 Å². The zero-order valence-corrected chi connectivity index (χ0v) is 10.8. The summed E-state index contributed by atoms with van der Waals surface area (Å²) in [6.07, 6.45) is 0. The average Bonchev–Trinajstić information content (AvgIpc) is 2.34. The Balaban J connectivity index is 2.51. The molecule has 0 saturated heterocycles. The Labute approximate surface area is 113 Å². The second-order valence-electron chi connectivity index (χ2n) is 4.28. The second-order valence-corrected chi connectivity index (χ2v) is 4.69. The van der Waals surface area contributed by atoms with E-state index in [9.17, 15) is 13.2 Å². The summed E-state index contributed by atoms with van der Waals surface area (Å²) in [5.74, 6) is -3.95. The minimum atomic E-state index is -1.48. The molecule has 1 nitrogen and oxygen atoms in total. The van der Waals surface area contributed by atoms with E-state index in [2.05, 4.69) is 0 Å². The van der Waals surface area contributed by atoms with Gasteiger partial charge in [-0.15, -0.1) is 0 Å². The van der Waals surface area contributed by atoms with Gasteiger partial charge in [-0.05, 0) is 41.8 Å². The Morgan fingerprint density at radius 1 is 1.00 bits per heavy atom. The molecule has 0 bridgehead atoms. The van der Waals surface area contributed by atoms with E-state index in [1.165, 1.54) is 0 Å². The molecular formula is C14H11ClF3N. The quantitative estimate of drug-likeness (QED) is 0.811. The zero-order valence-electron chi connectivity index (χ0n) is 10.1. The number of halogens is 4. The summed E-state index contributed by atoms with van der Waals surface area (Å²) in [7, 11) is 0. The third-order valence-electron chi connectivity index (χ3n) is 2.81. The maximum Gasteiger partial charge on any atom is 0.194 e. The first kappa shape index (κ1) is 13.9. The van der Waals surface area contributed by atoms with Crippen molar-refractivity contribution in [1.29, 1.82) is 0 Å². The molecule has 0 aliphatic heterocycles. The molecule has 1 atom stereocenters. The van der Waals surface area contributed by atoms with Crippen molar-refractivity contribution >= 4 is 11.6 Å². The fourth-order valence-corrected chi connectivity index (χ4v) is 2.15. The molecule has 2 aromatic carbocycles. The van der Waals surface area contributed by atoms with Gasteiger partial charge in [0.1, 0.15) is 0 Å². The normalized spacial score (nSPS) is 12.5. The third-order valence-corrected chi connectivity index (χ3v) is 3.14. The van der Waals surface area contributed by atoms with Crippen molar-refractivity contribution < 1.29 is 13.2 Å². The standard InChI is InChI=1S/C14H11ClF3N/c1-7(19)10-3-2-8(4-11(10)15)9-5-12(16)14(18)13(17)6-9/h2-7H,19H2,1H3. The predicted octanol–water partition coefficient (Wildman–Crippen LogP) is 4.44. The molecule has 2 N–H and O–H groups in total. The number of rotatable bonds is 2. The molecule has 0 fully saturated rings. The van der Waals surface area contributed by atoms with Crippen LogP contribution in [-0.2, 0) is 0 Å². The first-order chi connectivity index (χ1) is 8.90. The predicted molar refractivity (Wildman–Crippen MR) is 69.4 cm³/mol. The molecule has 2 aromatic rings. The molecule has 0 aliphatic carbocycles. The minimum Gasteiger partial charge on any atom is -0.324 e. The molecule has 0 spiro atoms. The van der Waals surface area contributed by atoms with E-state index in [0.717, 1.165) is 17.7 Å². The van der Waals surface area contributed by atoms with Crippen LogP contribution in [0.2, 0.25) is 5.02 Å². The Hall–Kier alpha value is -1.52. The highest BCUT2D eigenvalue weighted by atomic mass is 35.5. The van der Waals surface area contributed by atoms with Crippen LogP contribution in [0.5, 0.6) is 0 Å². The van der Waals surface area contributed by atoms with Crippen LogP contribution in [0.25, 0.3) is 11.1 Å². The molecule has 0 saturated carbocycles. The highest BCUT2D eigenvalue weighted by Gasteiger charge is 2.13. The summed E-state index contributed by atoms with van der Waals surface area (Å²) in [6, 6.07) is 6.47. The molecule has 0 aromatic heterocycles. The fourth-order valence-electron chi connectivity index (χ4n) is 1.80. The van der Waals surface area contributed by atoms with E-state index in [-0.39, 0.29) is 11.6 Å². The van der Waals surface area contributed by atoms with Crippen LogP contribution >= 0.6 is 11.6 Å². The number of benzene rings is 2. The van der Waals surface area contributed by atoms with Crippen LogP contribution in [0.15, 0.2) is 30.3 Å². The lowest BCUT2D eigenvalue weighted by atomic mass is 10.0. The molecule has 1 unspecified atom stereocenters. The smallest absolute Gasteiger partial charge is 0.194 e. The van der Waals surface area contributed by atoms with Crippen LogP contribution in [0, 0.1) is 17.5 Å². The highest BCUT2D eigenvalue weighted by Crippen LogP contribution is 2.29. The third kappa shape index (κ3) is 2.74. The maximum absolute atomic E-state index is 13.2. The Morgan fingerprint density at radius 2 is 1.58 bits per heavy atom. The van der Waals surface area contributed by atoms with E-state index < -0.39 is 17.5 Å². The number of hydrogen-bond donors (Lipinski definition) is 1. The van der Waals surface area contributed by atoms with Crippen LogP contribution in [0.3, 0.4) is 0 Å². The zero-order chi connectivity index (χ0) is 14.2. The van der Waals surface area contributed by atoms with E-state index in [1.54, 1.807) is 25.1 Å². The van der Waals surface area contributed by atoms with Crippen molar-refractivity contribution in [2.24, 2.45) is 5.73 Å². The van der Waals surface area contributed by atoms with Gasteiger partial charge in [-0.2, -0.15) is 0 Å². The molecule has 0 heterocycles. The molecule has 0 radical (unpaired) electrons. The van der Waals surface area contributed by atoms with Crippen LogP contribution < -0.4 is 5.73 Å². The Bertz CT molecular complexity index is 603. The van der Waals surface area contributed by atoms with Gasteiger partial charge in [-0.3, -0.25) is 0 Å². The van der Waals surface area contributed by atoms with Crippen molar-refractivity contribution in [2.75, 3.05) is 0 Å². The molecular weight excluding hydrogens is 275 g/mol. The SMILES string of the molecule is CC(N)c1ccc(-c2cc(F)c(F)c(F)c2)cc1Cl. The van der Waals surface area contributed by atoms with Gasteiger partial charge >= 0.3 is 0 Å². The molecule has 0 amide bonds. The lowest BCUT2D eigenvalue weighted by Gasteiger charge is -2.10. The lowest BCUT2D eigenvalue weighted by molar-refractivity contribution is 0.448. The van der Waals surface area contributed by atoms with Crippen LogP contribution in [0.1, 0.15) is 18.5 Å². The topological polar surface area (TPSA) is 26.0 Å². The van der Waals surface area contributed by atoms with Gasteiger partial charge in [0.2, 0.25) is 0 Å². The average molecular weight is 286 g/mol. The van der Waals surface area contributed by atoms with Gasteiger partial charge in [0.15, 0.2) is 17.5 Å². The molecule has 5 heteroatoms. The largest absolute Gasteiger partial charge is 0.324 e. The summed E-state index contributed by atoms with van der Waals surface area (Å²) in [6.45, 7) is 1.78. The van der Waals surface area contributed by atoms with Crippen molar-refractivity contribution in [3.05, 3.63) is 58.4 Å². The summed E-state index contributed by atoms with van der Waals surface area (Å²) < 4.78 is 39.2. The van der Waals surface area contributed by atoms with E-state index in [0.29, 0.717) is 10.6 Å². The first-order valence-electron chi connectivity index (χ1n) is 5.60. The lowest BCUT2D eigenvalue weighted by Crippen LogP contribution is -2.05.